The predicted molar refractivity (Wildman–Crippen MR) is 74.1 cm³/mol. The number of hydrogen-bond acceptors (Lipinski definition) is 4. The molecule has 5 heteroatoms. The molecule has 0 fully saturated rings. The molecule has 0 radical (unpaired) electrons. The van der Waals surface area contributed by atoms with Crippen LogP contribution >= 0.6 is 0 Å². The summed E-state index contributed by atoms with van der Waals surface area (Å²) in [5, 5.41) is 11.2. The van der Waals surface area contributed by atoms with Crippen LogP contribution in [0, 0.1) is 0 Å². The number of benzene rings is 1. The lowest BCUT2D eigenvalue weighted by Gasteiger charge is -2.18. The van der Waals surface area contributed by atoms with Crippen LogP contribution in [0.15, 0.2) is 30.5 Å². The van der Waals surface area contributed by atoms with E-state index in [-0.39, 0.29) is 12.1 Å². The summed E-state index contributed by atoms with van der Waals surface area (Å²) in [7, 11) is 3.81. The van der Waals surface area contributed by atoms with Gasteiger partial charge in [0.05, 0.1) is 24.0 Å². The fraction of sp³-hybridized carbons (Fsp3) is 0.429. The van der Waals surface area contributed by atoms with Crippen molar-refractivity contribution in [1.82, 2.24) is 20.3 Å². The molecule has 1 aromatic carbocycles. The van der Waals surface area contributed by atoms with Crippen LogP contribution in [0.3, 0.4) is 0 Å². The standard InChI is InChI=1S/C14H20N4O/c1-10(2)19-12-7-5-6-11(8-12)14(15-3)13-9-16-17-18(13)4/h5-10,14-15H,1-4H3. The Labute approximate surface area is 113 Å². The van der Waals surface area contributed by atoms with Gasteiger partial charge in [0, 0.05) is 7.05 Å². The van der Waals surface area contributed by atoms with Crippen LogP contribution in [0.4, 0.5) is 0 Å². The molecule has 0 saturated carbocycles. The molecule has 102 valence electrons. The first-order valence-electron chi connectivity index (χ1n) is 6.40. The summed E-state index contributed by atoms with van der Waals surface area (Å²) in [5.41, 5.74) is 2.15. The molecule has 1 atom stereocenters. The molecule has 1 heterocycles. The van der Waals surface area contributed by atoms with Crippen molar-refractivity contribution in [1.29, 1.82) is 0 Å². The molecule has 0 spiro atoms. The number of aryl methyl sites for hydroxylation is 1. The van der Waals surface area contributed by atoms with Gasteiger partial charge in [-0.25, -0.2) is 0 Å². The first-order chi connectivity index (χ1) is 9.11. The molecule has 0 aliphatic heterocycles. The van der Waals surface area contributed by atoms with Gasteiger partial charge in [-0.3, -0.25) is 4.68 Å². The molecule has 0 aliphatic carbocycles. The smallest absolute Gasteiger partial charge is 0.120 e. The molecule has 2 rings (SSSR count). The summed E-state index contributed by atoms with van der Waals surface area (Å²) in [5.74, 6) is 0.878. The highest BCUT2D eigenvalue weighted by atomic mass is 16.5. The normalized spacial score (nSPS) is 12.7. The lowest BCUT2D eigenvalue weighted by atomic mass is 10.0. The number of aromatic nitrogens is 3. The topological polar surface area (TPSA) is 52.0 Å². The summed E-state index contributed by atoms with van der Waals surface area (Å²) >= 11 is 0. The highest BCUT2D eigenvalue weighted by Gasteiger charge is 2.16. The lowest BCUT2D eigenvalue weighted by molar-refractivity contribution is 0.242. The minimum Gasteiger partial charge on any atom is -0.491 e. The van der Waals surface area contributed by atoms with Gasteiger partial charge < -0.3 is 10.1 Å². The van der Waals surface area contributed by atoms with Crippen molar-refractivity contribution in [2.75, 3.05) is 7.05 Å². The molecular weight excluding hydrogens is 240 g/mol. The van der Waals surface area contributed by atoms with Crippen LogP contribution in [0.1, 0.15) is 31.1 Å². The second kappa shape index (κ2) is 5.84. The Balaban J connectivity index is 2.31. The SMILES string of the molecule is CNC(c1cccc(OC(C)C)c1)c1cnnn1C. The molecule has 0 saturated heterocycles. The van der Waals surface area contributed by atoms with Gasteiger partial charge in [-0.1, -0.05) is 17.3 Å². The van der Waals surface area contributed by atoms with E-state index < -0.39 is 0 Å². The van der Waals surface area contributed by atoms with E-state index in [1.165, 1.54) is 0 Å². The van der Waals surface area contributed by atoms with Crippen LogP contribution in [-0.2, 0) is 7.05 Å². The maximum Gasteiger partial charge on any atom is 0.120 e. The molecule has 5 nitrogen and oxygen atoms in total. The first-order valence-corrected chi connectivity index (χ1v) is 6.40. The average Bonchev–Trinajstić information content (AvgIpc) is 2.77. The third-order valence-corrected chi connectivity index (χ3v) is 2.90. The minimum atomic E-state index is 0.0516. The monoisotopic (exact) mass is 260 g/mol. The van der Waals surface area contributed by atoms with E-state index in [1.807, 2.05) is 46.1 Å². The van der Waals surface area contributed by atoms with Gasteiger partial charge >= 0.3 is 0 Å². The summed E-state index contributed by atoms with van der Waals surface area (Å²) in [4.78, 5) is 0. The summed E-state index contributed by atoms with van der Waals surface area (Å²) in [6, 6.07) is 8.14. The van der Waals surface area contributed by atoms with Gasteiger partial charge in [0.15, 0.2) is 0 Å². The molecule has 1 unspecified atom stereocenters. The third kappa shape index (κ3) is 3.12. The molecule has 19 heavy (non-hydrogen) atoms. The van der Waals surface area contributed by atoms with Crippen molar-refractivity contribution in [3.63, 3.8) is 0 Å². The van der Waals surface area contributed by atoms with Crippen LogP contribution in [0.2, 0.25) is 0 Å². The summed E-state index contributed by atoms with van der Waals surface area (Å²) in [6.07, 6.45) is 1.94. The van der Waals surface area contributed by atoms with Crippen molar-refractivity contribution < 1.29 is 4.74 Å². The number of hydrogen-bond donors (Lipinski definition) is 1. The quantitative estimate of drug-likeness (QED) is 0.892. The van der Waals surface area contributed by atoms with Crippen LogP contribution in [-0.4, -0.2) is 28.1 Å². The molecule has 0 amide bonds. The van der Waals surface area contributed by atoms with Gasteiger partial charge in [-0.15, -0.1) is 5.10 Å². The zero-order valence-corrected chi connectivity index (χ0v) is 11.8. The second-order valence-electron chi connectivity index (χ2n) is 4.74. The van der Waals surface area contributed by atoms with Crippen molar-refractivity contribution >= 4 is 0 Å². The summed E-state index contributed by atoms with van der Waals surface area (Å²) < 4.78 is 7.51. The second-order valence-corrected chi connectivity index (χ2v) is 4.74. The Kier molecular flexibility index (Phi) is 4.16. The lowest BCUT2D eigenvalue weighted by Crippen LogP contribution is -2.20. The molecule has 1 N–H and O–H groups in total. The fourth-order valence-electron chi connectivity index (χ4n) is 2.08. The minimum absolute atomic E-state index is 0.0516. The van der Waals surface area contributed by atoms with E-state index in [0.717, 1.165) is 17.0 Å². The Morgan fingerprint density at radius 3 is 2.68 bits per heavy atom. The number of nitrogens with zero attached hydrogens (tertiary/aromatic N) is 3. The number of ether oxygens (including phenoxy) is 1. The van der Waals surface area contributed by atoms with Gasteiger partial charge in [0.2, 0.25) is 0 Å². The Morgan fingerprint density at radius 2 is 2.11 bits per heavy atom. The molecule has 2 aromatic rings. The van der Waals surface area contributed by atoms with Crippen molar-refractivity contribution in [2.24, 2.45) is 7.05 Å². The van der Waals surface area contributed by atoms with E-state index in [9.17, 15) is 0 Å². The van der Waals surface area contributed by atoms with E-state index in [2.05, 4.69) is 21.7 Å². The largest absolute Gasteiger partial charge is 0.491 e. The highest BCUT2D eigenvalue weighted by Crippen LogP contribution is 2.24. The molecule has 1 aromatic heterocycles. The fourth-order valence-corrected chi connectivity index (χ4v) is 2.08. The maximum absolute atomic E-state index is 5.73. The highest BCUT2D eigenvalue weighted by molar-refractivity contribution is 5.34. The van der Waals surface area contributed by atoms with Crippen molar-refractivity contribution in [2.45, 2.75) is 26.0 Å². The molecular formula is C14H20N4O. The van der Waals surface area contributed by atoms with E-state index in [1.54, 1.807) is 10.9 Å². The number of nitrogens with one attached hydrogen (secondary N) is 1. The first kappa shape index (κ1) is 13.5. The summed E-state index contributed by atoms with van der Waals surface area (Å²) in [6.45, 7) is 4.04. The maximum atomic E-state index is 5.73. The zero-order chi connectivity index (χ0) is 13.8. The van der Waals surface area contributed by atoms with E-state index in [4.69, 9.17) is 4.74 Å². The molecule has 0 bridgehead atoms. The van der Waals surface area contributed by atoms with Gasteiger partial charge in [-0.05, 0) is 38.6 Å². The predicted octanol–water partition coefficient (Wildman–Crippen LogP) is 1.91. The molecule has 0 aliphatic rings. The Morgan fingerprint density at radius 1 is 1.32 bits per heavy atom. The van der Waals surface area contributed by atoms with Crippen molar-refractivity contribution in [3.05, 3.63) is 41.7 Å². The Hall–Kier alpha value is -1.88. The van der Waals surface area contributed by atoms with Gasteiger partial charge in [0.1, 0.15) is 5.75 Å². The van der Waals surface area contributed by atoms with Gasteiger partial charge in [0.25, 0.3) is 0 Å². The third-order valence-electron chi connectivity index (χ3n) is 2.90. The van der Waals surface area contributed by atoms with Gasteiger partial charge in [-0.2, -0.15) is 0 Å². The van der Waals surface area contributed by atoms with Crippen molar-refractivity contribution in [3.8, 4) is 5.75 Å². The number of rotatable bonds is 5. The zero-order valence-electron chi connectivity index (χ0n) is 11.8. The van der Waals surface area contributed by atoms with Crippen LogP contribution in [0.5, 0.6) is 5.75 Å². The van der Waals surface area contributed by atoms with E-state index in [0.29, 0.717) is 0 Å². The van der Waals surface area contributed by atoms with E-state index >= 15 is 0 Å². The Bertz CT molecular complexity index is 536. The average molecular weight is 260 g/mol. The van der Waals surface area contributed by atoms with Crippen LogP contribution in [0.25, 0.3) is 0 Å². The van der Waals surface area contributed by atoms with Crippen LogP contribution < -0.4 is 10.1 Å².